The van der Waals surface area contributed by atoms with Gasteiger partial charge in [-0.25, -0.2) is 0 Å². The molecule has 96 valence electrons. The minimum absolute atomic E-state index is 1.31. The molecule has 0 bridgehead atoms. The van der Waals surface area contributed by atoms with Crippen molar-refractivity contribution in [1.82, 2.24) is 0 Å². The lowest BCUT2D eigenvalue weighted by Gasteiger charge is -1.96. The van der Waals surface area contributed by atoms with Gasteiger partial charge in [-0.3, -0.25) is 0 Å². The Morgan fingerprint density at radius 2 is 1.40 bits per heavy atom. The predicted octanol–water partition coefficient (Wildman–Crippen LogP) is 6.03. The van der Waals surface area contributed by atoms with Crippen LogP contribution in [0.4, 0.5) is 0 Å². The third-order valence-corrected chi connectivity index (χ3v) is 4.87. The fraction of sp³-hybridized carbons (Fsp3) is 0.0526. The lowest BCUT2D eigenvalue weighted by atomic mass is 10.1. The number of rotatable bonds is 1. The number of aryl methyl sites for hydroxylation is 1. The first-order valence-electron chi connectivity index (χ1n) is 6.79. The standard InChI is InChI=1S/C19H14S/c1-13-6-8-14(9-7-13)18-12-17-10-15-4-2-3-5-16(15)11-19(17)20-18/h2-12H,1H3. The first-order valence-corrected chi connectivity index (χ1v) is 7.61. The summed E-state index contributed by atoms with van der Waals surface area (Å²) in [6, 6.07) is 24.2. The molecule has 0 atom stereocenters. The van der Waals surface area contributed by atoms with Gasteiger partial charge in [-0.15, -0.1) is 11.3 Å². The number of hydrogen-bond acceptors (Lipinski definition) is 1. The molecule has 0 nitrogen and oxygen atoms in total. The van der Waals surface area contributed by atoms with Crippen LogP contribution in [0.3, 0.4) is 0 Å². The van der Waals surface area contributed by atoms with Crippen LogP contribution in [0.25, 0.3) is 31.3 Å². The Hall–Kier alpha value is -2.12. The van der Waals surface area contributed by atoms with Crippen LogP contribution in [0.5, 0.6) is 0 Å². The summed E-state index contributed by atoms with van der Waals surface area (Å²) in [4.78, 5) is 1.34. The molecule has 1 aromatic heterocycles. The van der Waals surface area contributed by atoms with E-state index in [0.29, 0.717) is 0 Å². The monoisotopic (exact) mass is 274 g/mol. The Labute approximate surface area is 122 Å². The maximum atomic E-state index is 2.30. The van der Waals surface area contributed by atoms with E-state index in [1.807, 2.05) is 11.3 Å². The number of hydrogen-bond donors (Lipinski definition) is 0. The summed E-state index contributed by atoms with van der Waals surface area (Å²) in [5.74, 6) is 0. The summed E-state index contributed by atoms with van der Waals surface area (Å²) in [6.07, 6.45) is 0. The van der Waals surface area contributed by atoms with Gasteiger partial charge < -0.3 is 0 Å². The number of thiophene rings is 1. The van der Waals surface area contributed by atoms with Crippen molar-refractivity contribution in [3.05, 3.63) is 72.3 Å². The highest BCUT2D eigenvalue weighted by molar-refractivity contribution is 7.22. The number of benzene rings is 3. The Balaban J connectivity index is 1.93. The van der Waals surface area contributed by atoms with Crippen molar-refractivity contribution in [3.8, 4) is 10.4 Å². The largest absolute Gasteiger partial charge is 0.135 e. The quantitative estimate of drug-likeness (QED) is 0.397. The zero-order chi connectivity index (χ0) is 13.5. The molecule has 0 aliphatic heterocycles. The molecule has 4 aromatic rings. The minimum atomic E-state index is 1.31. The van der Waals surface area contributed by atoms with Gasteiger partial charge in [-0.05, 0) is 46.8 Å². The van der Waals surface area contributed by atoms with Gasteiger partial charge >= 0.3 is 0 Å². The fourth-order valence-electron chi connectivity index (χ4n) is 2.59. The number of fused-ring (bicyclic) bond motifs is 2. The van der Waals surface area contributed by atoms with Crippen LogP contribution in [-0.2, 0) is 0 Å². The van der Waals surface area contributed by atoms with E-state index >= 15 is 0 Å². The smallest absolute Gasteiger partial charge is 0.0355 e. The second-order valence-corrected chi connectivity index (χ2v) is 6.30. The molecule has 4 rings (SSSR count). The molecule has 0 aliphatic rings. The zero-order valence-corrected chi connectivity index (χ0v) is 12.1. The third kappa shape index (κ3) is 1.91. The topological polar surface area (TPSA) is 0 Å². The Morgan fingerprint density at radius 1 is 0.700 bits per heavy atom. The maximum absolute atomic E-state index is 2.30. The van der Waals surface area contributed by atoms with Crippen molar-refractivity contribution in [1.29, 1.82) is 0 Å². The molecule has 0 unspecified atom stereocenters. The second-order valence-electron chi connectivity index (χ2n) is 5.21. The van der Waals surface area contributed by atoms with Gasteiger partial charge in [0.25, 0.3) is 0 Å². The molecule has 0 spiro atoms. The maximum Gasteiger partial charge on any atom is 0.0355 e. The van der Waals surface area contributed by atoms with Crippen LogP contribution in [0, 0.1) is 6.92 Å². The first-order chi connectivity index (χ1) is 9.79. The summed E-state index contributed by atoms with van der Waals surface area (Å²) in [6.45, 7) is 2.13. The molecule has 0 saturated carbocycles. The van der Waals surface area contributed by atoms with E-state index in [-0.39, 0.29) is 0 Å². The predicted molar refractivity (Wildman–Crippen MR) is 89.5 cm³/mol. The Bertz CT molecular complexity index is 846. The van der Waals surface area contributed by atoms with Gasteiger partial charge in [0.2, 0.25) is 0 Å². The second kappa shape index (κ2) is 4.46. The van der Waals surface area contributed by atoms with Crippen molar-refractivity contribution in [2.75, 3.05) is 0 Å². The van der Waals surface area contributed by atoms with E-state index < -0.39 is 0 Å². The molecule has 3 aromatic carbocycles. The Kier molecular flexibility index (Phi) is 2.61. The Morgan fingerprint density at radius 3 is 2.15 bits per heavy atom. The van der Waals surface area contributed by atoms with E-state index in [9.17, 15) is 0 Å². The van der Waals surface area contributed by atoms with E-state index in [4.69, 9.17) is 0 Å². The molecule has 0 saturated heterocycles. The normalized spacial score (nSPS) is 11.2. The molecule has 0 fully saturated rings. The molecule has 0 N–H and O–H groups in total. The minimum Gasteiger partial charge on any atom is -0.135 e. The van der Waals surface area contributed by atoms with Gasteiger partial charge in [0, 0.05) is 9.58 Å². The molecular weight excluding hydrogens is 260 g/mol. The van der Waals surface area contributed by atoms with Crippen LogP contribution >= 0.6 is 11.3 Å². The van der Waals surface area contributed by atoms with Gasteiger partial charge in [-0.1, -0.05) is 54.1 Å². The van der Waals surface area contributed by atoms with Crippen molar-refractivity contribution in [2.24, 2.45) is 0 Å². The van der Waals surface area contributed by atoms with Crippen molar-refractivity contribution < 1.29 is 0 Å². The zero-order valence-electron chi connectivity index (χ0n) is 11.3. The molecule has 0 aliphatic carbocycles. The van der Waals surface area contributed by atoms with Gasteiger partial charge in [0.05, 0.1) is 0 Å². The first kappa shape index (κ1) is 11.7. The van der Waals surface area contributed by atoms with E-state index in [0.717, 1.165) is 0 Å². The van der Waals surface area contributed by atoms with E-state index in [2.05, 4.69) is 73.7 Å². The van der Waals surface area contributed by atoms with E-state index in [1.54, 1.807) is 0 Å². The molecule has 0 amide bonds. The summed E-state index contributed by atoms with van der Waals surface area (Å²) in [5.41, 5.74) is 2.61. The highest BCUT2D eigenvalue weighted by Gasteiger charge is 2.05. The van der Waals surface area contributed by atoms with Gasteiger partial charge in [-0.2, -0.15) is 0 Å². The lowest BCUT2D eigenvalue weighted by molar-refractivity contribution is 1.48. The van der Waals surface area contributed by atoms with Crippen LogP contribution in [0.1, 0.15) is 5.56 Å². The molecule has 0 radical (unpaired) electrons. The van der Waals surface area contributed by atoms with Crippen molar-refractivity contribution >= 4 is 32.2 Å². The average Bonchev–Trinajstić information content (AvgIpc) is 2.88. The summed E-state index contributed by atoms with van der Waals surface area (Å²) in [7, 11) is 0. The summed E-state index contributed by atoms with van der Waals surface area (Å²) in [5, 5.41) is 3.97. The average molecular weight is 274 g/mol. The summed E-state index contributed by atoms with van der Waals surface area (Å²) >= 11 is 1.87. The van der Waals surface area contributed by atoms with E-state index in [1.165, 1.54) is 36.9 Å². The summed E-state index contributed by atoms with van der Waals surface area (Å²) < 4.78 is 1.36. The van der Waals surface area contributed by atoms with Gasteiger partial charge in [0.15, 0.2) is 0 Å². The van der Waals surface area contributed by atoms with Gasteiger partial charge in [0.1, 0.15) is 0 Å². The molecule has 1 heterocycles. The van der Waals surface area contributed by atoms with Crippen LogP contribution in [0.15, 0.2) is 66.7 Å². The highest BCUT2D eigenvalue weighted by Crippen LogP contribution is 2.35. The van der Waals surface area contributed by atoms with Crippen LogP contribution < -0.4 is 0 Å². The molecule has 1 heteroatoms. The molecular formula is C19H14S. The lowest BCUT2D eigenvalue weighted by Crippen LogP contribution is -1.73. The van der Waals surface area contributed by atoms with Crippen LogP contribution in [0.2, 0.25) is 0 Å². The molecule has 20 heavy (non-hydrogen) atoms. The SMILES string of the molecule is Cc1ccc(-c2cc3cc4ccccc4cc3s2)cc1. The van der Waals surface area contributed by atoms with Crippen molar-refractivity contribution in [2.45, 2.75) is 6.92 Å². The van der Waals surface area contributed by atoms with Crippen molar-refractivity contribution in [3.63, 3.8) is 0 Å². The highest BCUT2D eigenvalue weighted by atomic mass is 32.1. The fourth-order valence-corrected chi connectivity index (χ4v) is 3.69. The third-order valence-electron chi connectivity index (χ3n) is 3.72. The van der Waals surface area contributed by atoms with Crippen LogP contribution in [-0.4, -0.2) is 0 Å².